The molecule has 0 saturated heterocycles. The number of rotatable bonds is 5. The van der Waals surface area contributed by atoms with Crippen molar-refractivity contribution in [3.05, 3.63) is 34.6 Å². The van der Waals surface area contributed by atoms with E-state index < -0.39 is 17.5 Å². The van der Waals surface area contributed by atoms with Gasteiger partial charge in [-0.1, -0.05) is 17.7 Å². The summed E-state index contributed by atoms with van der Waals surface area (Å²) in [5, 5.41) is 12.3. The van der Waals surface area contributed by atoms with E-state index in [4.69, 9.17) is 16.3 Å². The molecule has 0 aliphatic heterocycles. The van der Waals surface area contributed by atoms with Crippen LogP contribution < -0.4 is 5.32 Å². The number of carbonyl (C=O) groups is 1. The highest BCUT2D eigenvalue weighted by atomic mass is 35.5. The average Bonchev–Trinajstić information content (AvgIpc) is 2.34. The molecule has 1 rings (SSSR count). The van der Waals surface area contributed by atoms with E-state index in [0.717, 1.165) is 5.56 Å². The van der Waals surface area contributed by atoms with Crippen molar-refractivity contribution in [1.29, 1.82) is 0 Å². The summed E-state index contributed by atoms with van der Waals surface area (Å²) in [6.45, 7) is 5.44. The smallest absolute Gasteiger partial charge is 0.407 e. The Kier molecular flexibility index (Phi) is 6.42. The van der Waals surface area contributed by atoms with Crippen molar-refractivity contribution in [2.45, 2.75) is 32.8 Å². The Morgan fingerprint density at radius 1 is 1.48 bits per heavy atom. The van der Waals surface area contributed by atoms with E-state index in [1.807, 2.05) is 0 Å². The SMILES string of the molecule is CC(C)(C)OC(=O)NCC(CO)Cc1ccc(F)cc1Cl. The van der Waals surface area contributed by atoms with Gasteiger partial charge in [0.1, 0.15) is 11.4 Å². The number of aliphatic hydroxyl groups is 1. The number of halogens is 2. The van der Waals surface area contributed by atoms with Crippen LogP contribution >= 0.6 is 11.6 Å². The Morgan fingerprint density at radius 3 is 2.67 bits per heavy atom. The van der Waals surface area contributed by atoms with Gasteiger partial charge in [0.2, 0.25) is 0 Å². The monoisotopic (exact) mass is 317 g/mol. The number of ether oxygens (including phenoxy) is 1. The first-order valence-electron chi connectivity index (χ1n) is 6.73. The van der Waals surface area contributed by atoms with Gasteiger partial charge in [0, 0.05) is 24.1 Å². The standard InChI is InChI=1S/C15H21ClFNO3/c1-15(2,3)21-14(20)18-8-10(9-19)6-11-4-5-12(17)7-13(11)16/h4-5,7,10,19H,6,8-9H2,1-3H3,(H,18,20). The highest BCUT2D eigenvalue weighted by Gasteiger charge is 2.18. The van der Waals surface area contributed by atoms with Crippen LogP contribution in [0.3, 0.4) is 0 Å². The predicted molar refractivity (Wildman–Crippen MR) is 79.9 cm³/mol. The fourth-order valence-corrected chi connectivity index (χ4v) is 1.99. The van der Waals surface area contributed by atoms with Gasteiger partial charge in [-0.05, 0) is 44.9 Å². The molecule has 0 saturated carbocycles. The summed E-state index contributed by atoms with van der Waals surface area (Å²) < 4.78 is 18.1. The number of aliphatic hydroxyl groups excluding tert-OH is 1. The Balaban J connectivity index is 2.54. The molecule has 2 N–H and O–H groups in total. The number of hydrogen-bond acceptors (Lipinski definition) is 3. The fourth-order valence-electron chi connectivity index (χ4n) is 1.74. The molecule has 21 heavy (non-hydrogen) atoms. The topological polar surface area (TPSA) is 58.6 Å². The first-order chi connectivity index (χ1) is 9.71. The molecule has 6 heteroatoms. The van der Waals surface area contributed by atoms with Gasteiger partial charge in [0.05, 0.1) is 0 Å². The number of benzene rings is 1. The molecule has 4 nitrogen and oxygen atoms in total. The lowest BCUT2D eigenvalue weighted by molar-refractivity contribution is 0.0512. The molecule has 0 aliphatic carbocycles. The number of nitrogens with one attached hydrogen (secondary N) is 1. The van der Waals surface area contributed by atoms with Crippen LogP contribution in [0.15, 0.2) is 18.2 Å². The summed E-state index contributed by atoms with van der Waals surface area (Å²) in [4.78, 5) is 11.6. The van der Waals surface area contributed by atoms with Crippen LogP contribution in [0.25, 0.3) is 0 Å². The normalized spacial score (nSPS) is 12.9. The first kappa shape index (κ1) is 17.7. The van der Waals surface area contributed by atoms with Crippen LogP contribution in [0.2, 0.25) is 5.02 Å². The molecule has 1 amide bonds. The maximum absolute atomic E-state index is 13.0. The van der Waals surface area contributed by atoms with Gasteiger partial charge < -0.3 is 15.2 Å². The Morgan fingerprint density at radius 2 is 2.14 bits per heavy atom. The predicted octanol–water partition coefficient (Wildman–Crippen LogP) is 3.15. The molecule has 0 bridgehead atoms. The van der Waals surface area contributed by atoms with E-state index in [1.54, 1.807) is 26.8 Å². The van der Waals surface area contributed by atoms with Crippen LogP contribution in [0.4, 0.5) is 9.18 Å². The zero-order valence-corrected chi connectivity index (χ0v) is 13.2. The average molecular weight is 318 g/mol. The molecule has 1 atom stereocenters. The second-order valence-electron chi connectivity index (χ2n) is 5.87. The van der Waals surface area contributed by atoms with E-state index in [1.165, 1.54) is 12.1 Å². The van der Waals surface area contributed by atoms with Gasteiger partial charge in [-0.3, -0.25) is 0 Å². The second kappa shape index (κ2) is 7.61. The molecule has 0 heterocycles. The summed E-state index contributed by atoms with van der Waals surface area (Å²) in [6.07, 6.45) is -0.100. The van der Waals surface area contributed by atoms with Gasteiger partial charge >= 0.3 is 6.09 Å². The minimum Gasteiger partial charge on any atom is -0.444 e. The lowest BCUT2D eigenvalue weighted by Crippen LogP contribution is -2.36. The van der Waals surface area contributed by atoms with Crippen molar-refractivity contribution in [3.8, 4) is 0 Å². The van der Waals surface area contributed by atoms with Crippen molar-refractivity contribution in [2.24, 2.45) is 5.92 Å². The molecule has 1 unspecified atom stereocenters. The highest BCUT2D eigenvalue weighted by molar-refractivity contribution is 6.31. The molecule has 1 aromatic rings. The molecule has 1 aromatic carbocycles. The van der Waals surface area contributed by atoms with Crippen LogP contribution in [0.5, 0.6) is 0 Å². The number of alkyl carbamates (subject to hydrolysis) is 1. The van der Waals surface area contributed by atoms with Crippen molar-refractivity contribution >= 4 is 17.7 Å². The number of amides is 1. The van der Waals surface area contributed by atoms with Gasteiger partial charge in [-0.15, -0.1) is 0 Å². The van der Waals surface area contributed by atoms with Gasteiger partial charge in [0.25, 0.3) is 0 Å². The largest absolute Gasteiger partial charge is 0.444 e. The van der Waals surface area contributed by atoms with E-state index >= 15 is 0 Å². The number of carbonyl (C=O) groups excluding carboxylic acids is 1. The van der Waals surface area contributed by atoms with Crippen LogP contribution in [-0.2, 0) is 11.2 Å². The van der Waals surface area contributed by atoms with Crippen molar-refractivity contribution in [1.82, 2.24) is 5.32 Å². The van der Waals surface area contributed by atoms with Gasteiger partial charge in [-0.2, -0.15) is 0 Å². The third-order valence-electron chi connectivity index (χ3n) is 2.72. The molecular formula is C15H21ClFNO3. The summed E-state index contributed by atoms with van der Waals surface area (Å²) >= 11 is 5.95. The zero-order chi connectivity index (χ0) is 16.0. The van der Waals surface area contributed by atoms with E-state index in [-0.39, 0.29) is 19.1 Å². The maximum atomic E-state index is 13.0. The van der Waals surface area contributed by atoms with Gasteiger partial charge in [0.15, 0.2) is 0 Å². The second-order valence-corrected chi connectivity index (χ2v) is 6.28. The molecule has 118 valence electrons. The minimum atomic E-state index is -0.570. The lowest BCUT2D eigenvalue weighted by atomic mass is 10.00. The summed E-state index contributed by atoms with van der Waals surface area (Å²) in [6, 6.07) is 4.12. The van der Waals surface area contributed by atoms with E-state index in [0.29, 0.717) is 11.4 Å². The summed E-state index contributed by atoms with van der Waals surface area (Å²) in [5.41, 5.74) is 0.155. The molecule has 0 spiro atoms. The Labute approximate surface area is 129 Å². The van der Waals surface area contributed by atoms with E-state index in [9.17, 15) is 14.3 Å². The van der Waals surface area contributed by atoms with Crippen LogP contribution in [-0.4, -0.2) is 30.0 Å². The molecular weight excluding hydrogens is 297 g/mol. The molecule has 0 aliphatic rings. The summed E-state index contributed by atoms with van der Waals surface area (Å²) in [5.74, 6) is -0.628. The number of hydrogen-bond donors (Lipinski definition) is 2. The third-order valence-corrected chi connectivity index (χ3v) is 3.07. The fraction of sp³-hybridized carbons (Fsp3) is 0.533. The first-order valence-corrected chi connectivity index (χ1v) is 7.10. The summed E-state index contributed by atoms with van der Waals surface area (Å²) in [7, 11) is 0. The van der Waals surface area contributed by atoms with Crippen LogP contribution in [0, 0.1) is 11.7 Å². The molecule has 0 fully saturated rings. The van der Waals surface area contributed by atoms with Gasteiger partial charge in [-0.25, -0.2) is 9.18 Å². The Hall–Kier alpha value is -1.33. The lowest BCUT2D eigenvalue weighted by Gasteiger charge is -2.21. The molecule has 0 radical (unpaired) electrons. The molecule has 0 aromatic heterocycles. The zero-order valence-electron chi connectivity index (χ0n) is 12.5. The van der Waals surface area contributed by atoms with Crippen molar-refractivity contribution in [2.75, 3.05) is 13.2 Å². The quantitative estimate of drug-likeness (QED) is 0.877. The Bertz CT molecular complexity index is 488. The maximum Gasteiger partial charge on any atom is 0.407 e. The van der Waals surface area contributed by atoms with Crippen molar-refractivity contribution < 1.29 is 19.0 Å². The van der Waals surface area contributed by atoms with Crippen LogP contribution in [0.1, 0.15) is 26.3 Å². The van der Waals surface area contributed by atoms with Crippen molar-refractivity contribution in [3.63, 3.8) is 0 Å². The van der Waals surface area contributed by atoms with E-state index in [2.05, 4.69) is 5.32 Å². The third kappa shape index (κ3) is 6.78. The minimum absolute atomic E-state index is 0.122. The highest BCUT2D eigenvalue weighted by Crippen LogP contribution is 2.20.